The first-order valence-electron chi connectivity index (χ1n) is 10.5. The van der Waals surface area contributed by atoms with Crippen molar-refractivity contribution in [1.29, 1.82) is 0 Å². The van der Waals surface area contributed by atoms with Gasteiger partial charge in [-0.25, -0.2) is 4.98 Å². The number of nitrogens with one attached hydrogen (secondary N) is 1. The number of likely N-dealkylation sites (tertiary alicyclic amines) is 1. The third-order valence-electron chi connectivity index (χ3n) is 5.97. The first-order chi connectivity index (χ1) is 14.5. The highest BCUT2D eigenvalue weighted by molar-refractivity contribution is 7.20. The van der Waals surface area contributed by atoms with E-state index in [1.165, 1.54) is 29.7 Å². The van der Waals surface area contributed by atoms with E-state index in [0.29, 0.717) is 6.54 Å². The Kier molecular flexibility index (Phi) is 6.06. The van der Waals surface area contributed by atoms with E-state index in [1.54, 1.807) is 7.11 Å². The van der Waals surface area contributed by atoms with Crippen molar-refractivity contribution in [3.8, 4) is 5.75 Å². The number of methoxy groups -OCH3 is 1. The molecule has 1 amide bonds. The fourth-order valence-corrected chi connectivity index (χ4v) is 5.76. The van der Waals surface area contributed by atoms with Crippen LogP contribution in [0, 0.1) is 20.8 Å². The standard InChI is InChI=1S/C24H29N3O2S/c1-15-13-16(2)26-24-21(15)17(3)22(30-24)23(28)25-14-19(27-11-7-8-12-27)18-9-5-6-10-20(18)29-4/h5-6,9-10,13,19H,7-8,11-12,14H2,1-4H3,(H,25,28)/t19-/m1/s1. The van der Waals surface area contributed by atoms with E-state index in [-0.39, 0.29) is 11.9 Å². The third-order valence-corrected chi connectivity index (χ3v) is 7.15. The zero-order chi connectivity index (χ0) is 21.3. The van der Waals surface area contributed by atoms with Crippen molar-refractivity contribution in [3.63, 3.8) is 0 Å². The smallest absolute Gasteiger partial charge is 0.261 e. The number of aromatic nitrogens is 1. The lowest BCUT2D eigenvalue weighted by molar-refractivity contribution is 0.0941. The second-order valence-electron chi connectivity index (χ2n) is 8.03. The Labute approximate surface area is 182 Å². The molecule has 0 radical (unpaired) electrons. The molecule has 1 atom stereocenters. The van der Waals surface area contributed by atoms with Crippen LogP contribution in [0.3, 0.4) is 0 Å². The molecule has 4 rings (SSSR count). The zero-order valence-electron chi connectivity index (χ0n) is 18.1. The van der Waals surface area contributed by atoms with Crippen LogP contribution in [0.2, 0.25) is 0 Å². The first-order valence-corrected chi connectivity index (χ1v) is 11.3. The molecule has 5 nitrogen and oxygen atoms in total. The number of ether oxygens (including phenoxy) is 1. The normalized spacial score (nSPS) is 15.5. The predicted octanol–water partition coefficient (Wildman–Crippen LogP) is 4.80. The van der Waals surface area contributed by atoms with Gasteiger partial charge in [0.25, 0.3) is 5.91 Å². The number of hydrogen-bond acceptors (Lipinski definition) is 5. The molecular weight excluding hydrogens is 394 g/mol. The molecule has 1 aromatic carbocycles. The number of nitrogens with zero attached hydrogens (tertiary/aromatic N) is 2. The molecule has 0 aliphatic carbocycles. The Morgan fingerprint density at radius 2 is 1.97 bits per heavy atom. The van der Waals surface area contributed by atoms with Gasteiger partial charge in [-0.3, -0.25) is 9.69 Å². The Balaban J connectivity index is 1.59. The van der Waals surface area contributed by atoms with Crippen molar-refractivity contribution in [2.45, 2.75) is 39.7 Å². The number of carbonyl (C=O) groups excluding carboxylic acids is 1. The maximum atomic E-state index is 13.2. The summed E-state index contributed by atoms with van der Waals surface area (Å²) >= 11 is 1.49. The molecule has 1 saturated heterocycles. The molecule has 30 heavy (non-hydrogen) atoms. The fraction of sp³-hybridized carbons (Fsp3) is 0.417. The SMILES string of the molecule is COc1ccccc1[C@@H](CNC(=O)c1sc2nc(C)cc(C)c2c1C)N1CCCC1. The summed E-state index contributed by atoms with van der Waals surface area (Å²) in [5.41, 5.74) is 4.31. The van der Waals surface area contributed by atoms with Gasteiger partial charge >= 0.3 is 0 Å². The van der Waals surface area contributed by atoms with Crippen LogP contribution >= 0.6 is 11.3 Å². The van der Waals surface area contributed by atoms with Gasteiger partial charge in [-0.15, -0.1) is 11.3 Å². The summed E-state index contributed by atoms with van der Waals surface area (Å²) in [6, 6.07) is 10.3. The highest BCUT2D eigenvalue weighted by atomic mass is 32.1. The van der Waals surface area contributed by atoms with Gasteiger partial charge < -0.3 is 10.1 Å². The largest absolute Gasteiger partial charge is 0.496 e. The summed E-state index contributed by atoms with van der Waals surface area (Å²) in [5, 5.41) is 4.32. The molecule has 1 aliphatic rings. The van der Waals surface area contributed by atoms with Gasteiger partial charge in [0, 0.05) is 23.2 Å². The van der Waals surface area contributed by atoms with Crippen LogP contribution in [0.25, 0.3) is 10.2 Å². The minimum Gasteiger partial charge on any atom is -0.496 e. The summed E-state index contributed by atoms with van der Waals surface area (Å²) in [6.07, 6.45) is 2.39. The molecule has 1 aliphatic heterocycles. The minimum atomic E-state index is -0.0216. The molecule has 6 heteroatoms. The summed E-state index contributed by atoms with van der Waals surface area (Å²) in [5.74, 6) is 0.851. The highest BCUT2D eigenvalue weighted by Crippen LogP contribution is 2.33. The second-order valence-corrected chi connectivity index (χ2v) is 9.03. The maximum Gasteiger partial charge on any atom is 0.261 e. The van der Waals surface area contributed by atoms with Crippen LogP contribution in [0.5, 0.6) is 5.75 Å². The van der Waals surface area contributed by atoms with E-state index >= 15 is 0 Å². The monoisotopic (exact) mass is 423 g/mol. The second kappa shape index (κ2) is 8.74. The van der Waals surface area contributed by atoms with E-state index < -0.39 is 0 Å². The summed E-state index contributed by atoms with van der Waals surface area (Å²) in [6.45, 7) is 8.75. The van der Waals surface area contributed by atoms with E-state index in [2.05, 4.69) is 34.3 Å². The lowest BCUT2D eigenvalue weighted by Crippen LogP contribution is -2.37. The first kappa shape index (κ1) is 20.8. The average molecular weight is 424 g/mol. The molecule has 3 aromatic rings. The van der Waals surface area contributed by atoms with Crippen LogP contribution in [-0.2, 0) is 0 Å². The number of aryl methyl sites for hydroxylation is 3. The van der Waals surface area contributed by atoms with Gasteiger partial charge in [0.1, 0.15) is 10.6 Å². The number of carbonyl (C=O) groups is 1. The van der Waals surface area contributed by atoms with Crippen LogP contribution in [-0.4, -0.2) is 42.5 Å². The van der Waals surface area contributed by atoms with Crippen molar-refractivity contribution >= 4 is 27.5 Å². The number of fused-ring (bicyclic) bond motifs is 1. The number of para-hydroxylation sites is 1. The minimum absolute atomic E-state index is 0.0216. The van der Waals surface area contributed by atoms with E-state index in [9.17, 15) is 4.79 Å². The molecule has 0 bridgehead atoms. The number of amides is 1. The van der Waals surface area contributed by atoms with Crippen LogP contribution in [0.1, 0.15) is 50.9 Å². The number of hydrogen-bond donors (Lipinski definition) is 1. The van der Waals surface area contributed by atoms with Crippen molar-refractivity contribution in [3.05, 3.63) is 57.6 Å². The fourth-order valence-electron chi connectivity index (χ4n) is 4.54. The third kappa shape index (κ3) is 3.94. The highest BCUT2D eigenvalue weighted by Gasteiger charge is 2.27. The predicted molar refractivity (Wildman–Crippen MR) is 123 cm³/mol. The van der Waals surface area contributed by atoms with E-state index in [4.69, 9.17) is 4.74 Å². The lowest BCUT2D eigenvalue weighted by atomic mass is 10.0. The number of benzene rings is 1. The van der Waals surface area contributed by atoms with Gasteiger partial charge in [0.05, 0.1) is 18.0 Å². The van der Waals surface area contributed by atoms with Crippen LogP contribution in [0.15, 0.2) is 30.3 Å². The quantitative estimate of drug-likeness (QED) is 0.619. The van der Waals surface area contributed by atoms with Gasteiger partial charge in [0.2, 0.25) is 0 Å². The Bertz CT molecular complexity index is 1070. The summed E-state index contributed by atoms with van der Waals surface area (Å²) in [4.78, 5) is 21.9. The summed E-state index contributed by atoms with van der Waals surface area (Å²) < 4.78 is 5.62. The van der Waals surface area contributed by atoms with Crippen molar-refractivity contribution in [2.24, 2.45) is 0 Å². The number of rotatable bonds is 6. The molecule has 3 heterocycles. The number of thiophene rings is 1. The zero-order valence-corrected chi connectivity index (χ0v) is 18.9. The molecule has 0 spiro atoms. The van der Waals surface area contributed by atoms with E-state index in [1.807, 2.05) is 32.0 Å². The van der Waals surface area contributed by atoms with Gasteiger partial charge in [-0.05, 0) is 70.0 Å². The van der Waals surface area contributed by atoms with Gasteiger partial charge in [-0.1, -0.05) is 18.2 Å². The van der Waals surface area contributed by atoms with Crippen LogP contribution in [0.4, 0.5) is 0 Å². The van der Waals surface area contributed by atoms with Crippen molar-refractivity contribution < 1.29 is 9.53 Å². The molecule has 0 unspecified atom stereocenters. The lowest BCUT2D eigenvalue weighted by Gasteiger charge is -2.29. The maximum absolute atomic E-state index is 13.2. The molecule has 1 N–H and O–H groups in total. The van der Waals surface area contributed by atoms with Gasteiger partial charge in [0.15, 0.2) is 0 Å². The molecule has 1 fully saturated rings. The Morgan fingerprint density at radius 1 is 1.23 bits per heavy atom. The van der Waals surface area contributed by atoms with Crippen molar-refractivity contribution in [1.82, 2.24) is 15.2 Å². The molecule has 158 valence electrons. The summed E-state index contributed by atoms with van der Waals surface area (Å²) in [7, 11) is 1.70. The number of pyridine rings is 1. The van der Waals surface area contributed by atoms with Crippen molar-refractivity contribution in [2.75, 3.05) is 26.7 Å². The topological polar surface area (TPSA) is 54.5 Å². The molecular formula is C24H29N3O2S. The van der Waals surface area contributed by atoms with Gasteiger partial charge in [-0.2, -0.15) is 0 Å². The molecule has 2 aromatic heterocycles. The average Bonchev–Trinajstić information content (AvgIpc) is 3.36. The Hall–Kier alpha value is -2.44. The molecule has 0 saturated carbocycles. The Morgan fingerprint density at radius 3 is 2.70 bits per heavy atom. The van der Waals surface area contributed by atoms with Crippen LogP contribution < -0.4 is 10.1 Å². The van der Waals surface area contributed by atoms with E-state index in [0.717, 1.165) is 50.8 Å².